The summed E-state index contributed by atoms with van der Waals surface area (Å²) in [5, 5.41) is 9.53. The molecule has 0 fully saturated rings. The highest BCUT2D eigenvalue weighted by Crippen LogP contribution is 2.00. The lowest BCUT2D eigenvalue weighted by Gasteiger charge is -1.90. The molecule has 0 saturated carbocycles. The Morgan fingerprint density at radius 1 is 1.46 bits per heavy atom. The number of hydrogen-bond acceptors (Lipinski definition) is 2. The minimum absolute atomic E-state index is 0.398. The predicted octanol–water partition coefficient (Wildman–Crippen LogP) is 2.90. The molecular formula is C8H17ClN3P. The van der Waals surface area contributed by atoms with Gasteiger partial charge in [0.25, 0.3) is 0 Å². The summed E-state index contributed by atoms with van der Waals surface area (Å²) in [6.45, 7) is 2.24. The molecular weight excluding hydrogens is 205 g/mol. The highest BCUT2D eigenvalue weighted by molar-refractivity contribution is 7.16. The van der Waals surface area contributed by atoms with Crippen LogP contribution in [0.15, 0.2) is 6.20 Å². The van der Waals surface area contributed by atoms with Gasteiger partial charge in [-0.15, -0.1) is 14.3 Å². The first-order valence-electron chi connectivity index (χ1n) is 4.53. The van der Waals surface area contributed by atoms with E-state index in [-0.39, 0.29) is 0 Å². The Hall–Kier alpha value is -0.140. The van der Waals surface area contributed by atoms with E-state index in [0.717, 1.165) is 0 Å². The van der Waals surface area contributed by atoms with Crippen LogP contribution < -0.4 is 0 Å². The van der Waals surface area contributed by atoms with Gasteiger partial charge >= 0.3 is 0 Å². The van der Waals surface area contributed by atoms with Crippen molar-refractivity contribution < 1.29 is 0 Å². The first-order chi connectivity index (χ1) is 6.31. The molecule has 5 heteroatoms. The van der Waals surface area contributed by atoms with Crippen molar-refractivity contribution in [1.82, 2.24) is 15.4 Å². The number of unbranched alkanes of at least 4 members (excludes halogenated alkanes) is 3. The minimum atomic E-state index is 0.398. The molecule has 1 atom stereocenters. The molecule has 0 bridgehead atoms. The lowest BCUT2D eigenvalue weighted by Crippen LogP contribution is -1.73. The van der Waals surface area contributed by atoms with Gasteiger partial charge in [0.1, 0.15) is 0 Å². The first-order valence-corrected chi connectivity index (χ1v) is 5.72. The maximum Gasteiger partial charge on any atom is 0.171 e. The smallest absolute Gasteiger partial charge is 0.171 e. The number of aromatic amines is 1. The van der Waals surface area contributed by atoms with Crippen LogP contribution in [0.2, 0.25) is 5.15 Å². The highest BCUT2D eigenvalue weighted by atomic mass is 35.5. The van der Waals surface area contributed by atoms with Crippen LogP contribution in [0.25, 0.3) is 0 Å². The Kier molecular flexibility index (Phi) is 9.84. The molecule has 1 aromatic heterocycles. The second-order valence-electron chi connectivity index (χ2n) is 2.65. The second kappa shape index (κ2) is 9.94. The third kappa shape index (κ3) is 9.78. The van der Waals surface area contributed by atoms with E-state index in [9.17, 15) is 0 Å². The SMILES string of the molecule is CCCCCCP.Clc1c[nH]nn1. The Morgan fingerprint density at radius 3 is 2.54 bits per heavy atom. The first kappa shape index (κ1) is 12.9. The summed E-state index contributed by atoms with van der Waals surface area (Å²) in [5.74, 6) is 0. The zero-order valence-electron chi connectivity index (χ0n) is 7.96. The molecule has 0 saturated heterocycles. The van der Waals surface area contributed by atoms with Crippen molar-refractivity contribution in [3.05, 3.63) is 11.3 Å². The fourth-order valence-electron chi connectivity index (χ4n) is 0.759. The molecule has 0 aromatic carbocycles. The highest BCUT2D eigenvalue weighted by Gasteiger charge is 1.80. The molecule has 0 aliphatic carbocycles. The lowest BCUT2D eigenvalue weighted by atomic mass is 10.2. The molecule has 0 amide bonds. The molecule has 0 radical (unpaired) electrons. The summed E-state index contributed by atoms with van der Waals surface area (Å²) in [6.07, 6.45) is 8.35. The summed E-state index contributed by atoms with van der Waals surface area (Å²) in [7, 11) is 2.75. The average molecular weight is 222 g/mol. The monoisotopic (exact) mass is 221 g/mol. The van der Waals surface area contributed by atoms with Crippen LogP contribution >= 0.6 is 20.8 Å². The molecule has 76 valence electrons. The third-order valence-electron chi connectivity index (χ3n) is 1.44. The van der Waals surface area contributed by atoms with Crippen molar-refractivity contribution >= 4 is 20.8 Å². The largest absolute Gasteiger partial charge is 0.264 e. The fourth-order valence-corrected chi connectivity index (χ4v) is 1.13. The summed E-state index contributed by atoms with van der Waals surface area (Å²) in [4.78, 5) is 0. The van der Waals surface area contributed by atoms with Crippen LogP contribution in [0.4, 0.5) is 0 Å². The number of nitrogens with zero attached hydrogens (tertiary/aromatic N) is 2. The van der Waals surface area contributed by atoms with Crippen molar-refractivity contribution in [2.24, 2.45) is 0 Å². The van der Waals surface area contributed by atoms with Gasteiger partial charge in [-0.3, -0.25) is 5.10 Å². The van der Waals surface area contributed by atoms with E-state index in [1.807, 2.05) is 0 Å². The molecule has 1 aromatic rings. The quantitative estimate of drug-likeness (QED) is 0.628. The van der Waals surface area contributed by atoms with Gasteiger partial charge < -0.3 is 0 Å². The normalized spacial score (nSPS) is 9.15. The summed E-state index contributed by atoms with van der Waals surface area (Å²) >= 11 is 5.25. The van der Waals surface area contributed by atoms with E-state index >= 15 is 0 Å². The van der Waals surface area contributed by atoms with Gasteiger partial charge in [-0.2, -0.15) is 0 Å². The van der Waals surface area contributed by atoms with Crippen LogP contribution in [0, 0.1) is 0 Å². The van der Waals surface area contributed by atoms with E-state index in [1.54, 1.807) is 0 Å². The van der Waals surface area contributed by atoms with Crippen LogP contribution in [0.1, 0.15) is 32.6 Å². The Labute approximate surface area is 86.8 Å². The van der Waals surface area contributed by atoms with Crippen LogP contribution in [0.5, 0.6) is 0 Å². The van der Waals surface area contributed by atoms with Gasteiger partial charge in [-0.1, -0.05) is 43.0 Å². The molecule has 1 N–H and O–H groups in total. The molecule has 0 aliphatic rings. The lowest BCUT2D eigenvalue weighted by molar-refractivity contribution is 0.706. The van der Waals surface area contributed by atoms with E-state index in [1.165, 1.54) is 38.0 Å². The zero-order valence-corrected chi connectivity index (χ0v) is 9.87. The Balaban J connectivity index is 0.000000223. The number of halogens is 1. The minimum Gasteiger partial charge on any atom is -0.264 e. The predicted molar refractivity (Wildman–Crippen MR) is 60.1 cm³/mol. The van der Waals surface area contributed by atoms with Crippen LogP contribution in [-0.4, -0.2) is 21.6 Å². The molecule has 0 spiro atoms. The van der Waals surface area contributed by atoms with Crippen molar-refractivity contribution in [1.29, 1.82) is 0 Å². The summed E-state index contributed by atoms with van der Waals surface area (Å²) < 4.78 is 0. The topological polar surface area (TPSA) is 41.6 Å². The number of H-pyrrole nitrogens is 1. The molecule has 13 heavy (non-hydrogen) atoms. The van der Waals surface area contributed by atoms with Crippen LogP contribution in [-0.2, 0) is 0 Å². The van der Waals surface area contributed by atoms with Gasteiger partial charge in [0.05, 0.1) is 6.20 Å². The van der Waals surface area contributed by atoms with Crippen molar-refractivity contribution in [3.63, 3.8) is 0 Å². The molecule has 1 unspecified atom stereocenters. The summed E-state index contributed by atoms with van der Waals surface area (Å²) in [6, 6.07) is 0. The number of rotatable bonds is 4. The number of aromatic nitrogens is 3. The van der Waals surface area contributed by atoms with E-state index in [2.05, 4.69) is 31.6 Å². The molecule has 3 nitrogen and oxygen atoms in total. The number of nitrogens with one attached hydrogen (secondary N) is 1. The van der Waals surface area contributed by atoms with Crippen molar-refractivity contribution in [2.45, 2.75) is 32.6 Å². The maximum absolute atomic E-state index is 5.25. The van der Waals surface area contributed by atoms with E-state index in [4.69, 9.17) is 11.6 Å². The van der Waals surface area contributed by atoms with Gasteiger partial charge in [-0.25, -0.2) is 0 Å². The van der Waals surface area contributed by atoms with Gasteiger partial charge in [-0.05, 0) is 12.6 Å². The number of hydrogen-bond donors (Lipinski definition) is 1. The molecule has 1 rings (SSSR count). The van der Waals surface area contributed by atoms with Gasteiger partial charge in [0, 0.05) is 0 Å². The van der Waals surface area contributed by atoms with Gasteiger partial charge in [0.2, 0.25) is 0 Å². The summed E-state index contributed by atoms with van der Waals surface area (Å²) in [5.41, 5.74) is 0. The maximum atomic E-state index is 5.25. The van der Waals surface area contributed by atoms with Crippen molar-refractivity contribution in [3.8, 4) is 0 Å². The van der Waals surface area contributed by atoms with E-state index in [0.29, 0.717) is 5.15 Å². The third-order valence-corrected chi connectivity index (χ3v) is 2.04. The zero-order chi connectivity index (χ0) is 9.94. The molecule has 1 heterocycles. The standard InChI is InChI=1S/C6H15P.C2H2ClN3/c1-2-3-4-5-6-7;3-2-1-4-6-5-2/h2-7H2,1H3;1H,(H,4,5,6). The molecule has 0 aliphatic heterocycles. The fraction of sp³-hybridized carbons (Fsp3) is 0.750. The average Bonchev–Trinajstić information content (AvgIpc) is 2.58. The van der Waals surface area contributed by atoms with E-state index < -0.39 is 0 Å². The Bertz CT molecular complexity index is 176. The van der Waals surface area contributed by atoms with Gasteiger partial charge in [0.15, 0.2) is 5.15 Å². The second-order valence-corrected chi connectivity index (χ2v) is 3.61. The Morgan fingerprint density at radius 2 is 2.23 bits per heavy atom. The van der Waals surface area contributed by atoms with Crippen LogP contribution in [0.3, 0.4) is 0 Å². The van der Waals surface area contributed by atoms with Crippen molar-refractivity contribution in [2.75, 3.05) is 6.16 Å².